The number of rotatable bonds is 7. The SMILES string of the molecule is C[C@@H]1[C@H](CSc2ncccn2)O[C@H](c2ccc(CN)cc2)O[C@@H]1c1ccc(CO)cc1. The number of hydrogen-bond acceptors (Lipinski definition) is 7. The number of aromatic nitrogens is 2. The summed E-state index contributed by atoms with van der Waals surface area (Å²) in [5.41, 5.74) is 9.72. The largest absolute Gasteiger partial charge is 0.392 e. The van der Waals surface area contributed by atoms with Crippen molar-refractivity contribution in [2.24, 2.45) is 11.7 Å². The predicted molar refractivity (Wildman–Crippen MR) is 120 cm³/mol. The molecule has 2 aromatic carbocycles. The van der Waals surface area contributed by atoms with E-state index in [9.17, 15) is 5.11 Å². The van der Waals surface area contributed by atoms with Crippen molar-refractivity contribution in [3.8, 4) is 0 Å². The van der Waals surface area contributed by atoms with Crippen LogP contribution in [0, 0.1) is 5.92 Å². The molecule has 3 N–H and O–H groups in total. The minimum atomic E-state index is -0.479. The van der Waals surface area contributed by atoms with Crippen molar-refractivity contribution in [2.75, 3.05) is 5.75 Å². The number of aliphatic hydroxyl groups is 1. The summed E-state index contributed by atoms with van der Waals surface area (Å²) in [6.07, 6.45) is 2.83. The second-order valence-corrected chi connectivity index (χ2v) is 8.60. The van der Waals surface area contributed by atoms with Crippen LogP contribution in [0.4, 0.5) is 0 Å². The van der Waals surface area contributed by atoms with Gasteiger partial charge in [0.15, 0.2) is 11.4 Å². The second-order valence-electron chi connectivity index (χ2n) is 7.61. The van der Waals surface area contributed by atoms with Crippen LogP contribution in [0.15, 0.2) is 72.1 Å². The van der Waals surface area contributed by atoms with Crippen LogP contribution < -0.4 is 5.73 Å². The molecule has 162 valence electrons. The number of nitrogens with two attached hydrogens (primary N) is 1. The van der Waals surface area contributed by atoms with Crippen molar-refractivity contribution in [2.45, 2.75) is 43.7 Å². The Hall–Kier alpha value is -2.29. The van der Waals surface area contributed by atoms with E-state index in [1.807, 2.05) is 54.6 Å². The lowest BCUT2D eigenvalue weighted by molar-refractivity contribution is -0.268. The molecular formula is C24H27N3O3S. The fourth-order valence-corrected chi connectivity index (χ4v) is 4.60. The minimum Gasteiger partial charge on any atom is -0.392 e. The zero-order chi connectivity index (χ0) is 21.6. The molecule has 1 aliphatic heterocycles. The highest BCUT2D eigenvalue weighted by molar-refractivity contribution is 7.99. The standard InChI is InChI=1S/C24H27N3O3S/c1-16-21(15-31-24-26-11-2-12-27-24)29-23(20-9-3-17(13-25)4-10-20)30-22(16)19-7-5-18(14-28)6-8-19/h2-12,16,21-23,28H,13-15,25H2,1H3/t16-,21+,22+,23+/m1/s1. The molecule has 0 aliphatic carbocycles. The molecule has 0 radical (unpaired) electrons. The summed E-state index contributed by atoms with van der Waals surface area (Å²) in [5, 5.41) is 10.1. The molecule has 4 rings (SSSR count). The van der Waals surface area contributed by atoms with Gasteiger partial charge in [0.05, 0.1) is 18.8 Å². The minimum absolute atomic E-state index is 0.0247. The molecule has 1 saturated heterocycles. The maximum absolute atomic E-state index is 9.37. The van der Waals surface area contributed by atoms with Crippen LogP contribution in [0.25, 0.3) is 0 Å². The molecule has 0 bridgehead atoms. The summed E-state index contributed by atoms with van der Waals surface area (Å²) in [6, 6.07) is 17.8. The van der Waals surface area contributed by atoms with E-state index in [4.69, 9.17) is 15.2 Å². The molecule has 0 amide bonds. The number of ether oxygens (including phenoxy) is 2. The third-order valence-corrected chi connectivity index (χ3v) is 6.49. The summed E-state index contributed by atoms with van der Waals surface area (Å²) in [5.74, 6) is 0.840. The topological polar surface area (TPSA) is 90.5 Å². The number of nitrogens with zero attached hydrogens (tertiary/aromatic N) is 2. The molecular weight excluding hydrogens is 410 g/mol. The lowest BCUT2D eigenvalue weighted by Gasteiger charge is -2.41. The van der Waals surface area contributed by atoms with Crippen LogP contribution in [-0.4, -0.2) is 26.9 Å². The first kappa shape index (κ1) is 21.9. The van der Waals surface area contributed by atoms with Crippen LogP contribution in [0.1, 0.15) is 41.6 Å². The Bertz CT molecular complexity index is 954. The third kappa shape index (κ3) is 5.31. The second kappa shape index (κ2) is 10.3. The number of hydrogen-bond donors (Lipinski definition) is 2. The monoisotopic (exact) mass is 437 g/mol. The molecule has 0 unspecified atom stereocenters. The normalized spacial score (nSPS) is 23.6. The van der Waals surface area contributed by atoms with Crippen molar-refractivity contribution in [1.82, 2.24) is 9.97 Å². The molecule has 6 nitrogen and oxygen atoms in total. The van der Waals surface area contributed by atoms with Gasteiger partial charge in [-0.25, -0.2) is 9.97 Å². The maximum Gasteiger partial charge on any atom is 0.187 e. The summed E-state index contributed by atoms with van der Waals surface area (Å²) >= 11 is 1.58. The van der Waals surface area contributed by atoms with Crippen molar-refractivity contribution in [1.29, 1.82) is 0 Å². The summed E-state index contributed by atoms with van der Waals surface area (Å²) in [4.78, 5) is 8.62. The van der Waals surface area contributed by atoms with E-state index in [1.54, 1.807) is 24.2 Å². The van der Waals surface area contributed by atoms with Gasteiger partial charge in [-0.1, -0.05) is 67.2 Å². The number of thioether (sulfide) groups is 1. The molecule has 0 saturated carbocycles. The van der Waals surface area contributed by atoms with Crippen molar-refractivity contribution >= 4 is 11.8 Å². The Morgan fingerprint density at radius 3 is 2.23 bits per heavy atom. The Kier molecular flexibility index (Phi) is 7.32. The summed E-state index contributed by atoms with van der Waals surface area (Å²) in [7, 11) is 0. The Balaban J connectivity index is 1.58. The Labute approximate surface area is 186 Å². The number of benzene rings is 2. The Morgan fingerprint density at radius 2 is 1.58 bits per heavy atom. The van der Waals surface area contributed by atoms with Gasteiger partial charge in [0.1, 0.15) is 0 Å². The fourth-order valence-electron chi connectivity index (χ4n) is 3.64. The van der Waals surface area contributed by atoms with Crippen LogP contribution >= 0.6 is 11.8 Å². The first-order chi connectivity index (χ1) is 15.2. The van der Waals surface area contributed by atoms with E-state index in [2.05, 4.69) is 16.9 Å². The van der Waals surface area contributed by atoms with Gasteiger partial charge < -0.3 is 20.3 Å². The highest BCUT2D eigenvalue weighted by atomic mass is 32.2. The molecule has 1 aromatic heterocycles. The molecule has 7 heteroatoms. The number of aliphatic hydroxyl groups excluding tert-OH is 1. The van der Waals surface area contributed by atoms with E-state index in [0.717, 1.165) is 33.2 Å². The van der Waals surface area contributed by atoms with Crippen LogP contribution in [0.2, 0.25) is 0 Å². The van der Waals surface area contributed by atoms with Gasteiger partial charge in [-0.15, -0.1) is 0 Å². The zero-order valence-electron chi connectivity index (χ0n) is 17.4. The quantitative estimate of drug-likeness (QED) is 0.426. The van der Waals surface area contributed by atoms with E-state index in [1.165, 1.54) is 0 Å². The first-order valence-corrected chi connectivity index (χ1v) is 11.4. The van der Waals surface area contributed by atoms with E-state index >= 15 is 0 Å². The zero-order valence-corrected chi connectivity index (χ0v) is 18.2. The average Bonchev–Trinajstić information content (AvgIpc) is 2.84. The summed E-state index contributed by atoms with van der Waals surface area (Å²) < 4.78 is 12.9. The third-order valence-electron chi connectivity index (χ3n) is 5.53. The molecule has 31 heavy (non-hydrogen) atoms. The van der Waals surface area contributed by atoms with Gasteiger partial charge in [0.25, 0.3) is 0 Å². The molecule has 1 fully saturated rings. The smallest absolute Gasteiger partial charge is 0.187 e. The molecule has 3 aromatic rings. The van der Waals surface area contributed by atoms with Crippen LogP contribution in [0.3, 0.4) is 0 Å². The fraction of sp³-hybridized carbons (Fsp3) is 0.333. The van der Waals surface area contributed by atoms with Crippen molar-refractivity contribution in [3.05, 3.63) is 89.2 Å². The summed E-state index contributed by atoms with van der Waals surface area (Å²) in [6.45, 7) is 2.67. The van der Waals surface area contributed by atoms with Crippen LogP contribution in [-0.2, 0) is 22.6 Å². The van der Waals surface area contributed by atoms with Crippen molar-refractivity contribution in [3.63, 3.8) is 0 Å². The van der Waals surface area contributed by atoms with E-state index in [-0.39, 0.29) is 24.7 Å². The Morgan fingerprint density at radius 1 is 0.935 bits per heavy atom. The molecule has 2 heterocycles. The maximum atomic E-state index is 9.37. The predicted octanol–water partition coefficient (Wildman–Crippen LogP) is 4.01. The van der Waals surface area contributed by atoms with Gasteiger partial charge in [-0.2, -0.15) is 0 Å². The molecule has 0 spiro atoms. The lowest BCUT2D eigenvalue weighted by Crippen LogP contribution is -2.38. The van der Waals surface area contributed by atoms with Crippen LogP contribution in [0.5, 0.6) is 0 Å². The van der Waals surface area contributed by atoms with Gasteiger partial charge in [-0.05, 0) is 22.8 Å². The highest BCUT2D eigenvalue weighted by Crippen LogP contribution is 2.42. The highest BCUT2D eigenvalue weighted by Gasteiger charge is 2.38. The lowest BCUT2D eigenvalue weighted by atomic mass is 9.91. The van der Waals surface area contributed by atoms with Gasteiger partial charge in [0.2, 0.25) is 0 Å². The van der Waals surface area contributed by atoms with Gasteiger partial charge in [-0.3, -0.25) is 0 Å². The molecule has 1 aliphatic rings. The van der Waals surface area contributed by atoms with Gasteiger partial charge in [0, 0.05) is 36.2 Å². The van der Waals surface area contributed by atoms with Crippen molar-refractivity contribution < 1.29 is 14.6 Å². The molecule has 4 atom stereocenters. The van der Waals surface area contributed by atoms with Gasteiger partial charge >= 0.3 is 0 Å². The van der Waals surface area contributed by atoms with E-state index in [0.29, 0.717) is 6.54 Å². The average molecular weight is 438 g/mol. The first-order valence-electron chi connectivity index (χ1n) is 10.4. The van der Waals surface area contributed by atoms with E-state index < -0.39 is 6.29 Å².